The van der Waals surface area contributed by atoms with Gasteiger partial charge in [0.05, 0.1) is 5.56 Å². The van der Waals surface area contributed by atoms with Gasteiger partial charge >= 0.3 is 5.97 Å². The number of likely N-dealkylation sites (N-methyl/N-ethyl adjacent to an activating group) is 1. The van der Waals surface area contributed by atoms with Crippen molar-refractivity contribution < 1.29 is 18.7 Å². The summed E-state index contributed by atoms with van der Waals surface area (Å²) in [4.78, 5) is 26.0. The van der Waals surface area contributed by atoms with E-state index in [-0.39, 0.29) is 12.5 Å². The van der Waals surface area contributed by atoms with Crippen LogP contribution in [0.25, 0.3) is 11.5 Å². The number of rotatable bonds is 6. The number of hydrogen-bond acceptors (Lipinski definition) is 6. The average Bonchev–Trinajstić information content (AvgIpc) is 3.23. The van der Waals surface area contributed by atoms with Crippen molar-refractivity contribution in [2.24, 2.45) is 0 Å². The molecule has 0 radical (unpaired) electrons. The molecule has 28 heavy (non-hydrogen) atoms. The first-order valence-corrected chi connectivity index (χ1v) is 8.78. The third-order valence-electron chi connectivity index (χ3n) is 4.39. The lowest BCUT2D eigenvalue weighted by Gasteiger charge is -2.18. The molecule has 0 spiro atoms. The van der Waals surface area contributed by atoms with Gasteiger partial charge in [0.1, 0.15) is 0 Å². The molecular weight excluding hydrogens is 358 g/mol. The van der Waals surface area contributed by atoms with Gasteiger partial charge in [-0.05, 0) is 49.2 Å². The highest BCUT2D eigenvalue weighted by Gasteiger charge is 2.15. The molecule has 0 aliphatic heterocycles. The summed E-state index contributed by atoms with van der Waals surface area (Å²) in [6, 6.07) is 12.6. The molecular formula is C21H21N3O4. The zero-order valence-electron chi connectivity index (χ0n) is 16.0. The van der Waals surface area contributed by atoms with Crippen molar-refractivity contribution in [1.29, 1.82) is 0 Å². The number of nitrogens with zero attached hydrogens (tertiary/aromatic N) is 3. The number of ether oxygens (including phenoxy) is 1. The molecule has 0 N–H and O–H groups in total. The molecule has 0 unspecified atom stereocenters. The molecule has 0 aliphatic rings. The summed E-state index contributed by atoms with van der Waals surface area (Å²) in [6.07, 6.45) is 1.23. The molecule has 7 nitrogen and oxygen atoms in total. The van der Waals surface area contributed by atoms with Crippen molar-refractivity contribution >= 4 is 11.9 Å². The topological polar surface area (TPSA) is 85.5 Å². The molecule has 2 aromatic carbocycles. The second-order valence-electron chi connectivity index (χ2n) is 6.58. The Morgan fingerprint density at radius 2 is 1.86 bits per heavy atom. The lowest BCUT2D eigenvalue weighted by molar-refractivity contribution is -0.133. The zero-order valence-corrected chi connectivity index (χ0v) is 16.0. The second-order valence-corrected chi connectivity index (χ2v) is 6.58. The van der Waals surface area contributed by atoms with Gasteiger partial charge in [0.25, 0.3) is 5.91 Å². The van der Waals surface area contributed by atoms with Crippen molar-refractivity contribution in [3.8, 4) is 11.5 Å². The van der Waals surface area contributed by atoms with Crippen LogP contribution >= 0.6 is 0 Å². The molecule has 0 fully saturated rings. The van der Waals surface area contributed by atoms with Gasteiger partial charge in [-0.1, -0.05) is 23.8 Å². The Balaban J connectivity index is 1.54. The maximum Gasteiger partial charge on any atom is 0.338 e. The first-order valence-electron chi connectivity index (χ1n) is 8.78. The zero-order chi connectivity index (χ0) is 20.1. The summed E-state index contributed by atoms with van der Waals surface area (Å²) in [5.41, 5.74) is 4.39. The number of aryl methyl sites for hydroxylation is 2. The van der Waals surface area contributed by atoms with Gasteiger partial charge in [-0.25, -0.2) is 4.79 Å². The van der Waals surface area contributed by atoms with Gasteiger partial charge in [-0.2, -0.15) is 0 Å². The molecule has 1 amide bonds. The number of amides is 1. The number of carbonyl (C=O) groups is 2. The molecule has 3 rings (SSSR count). The quantitative estimate of drug-likeness (QED) is 0.612. The molecule has 0 saturated carbocycles. The molecule has 0 saturated heterocycles. The minimum absolute atomic E-state index is 0.268. The molecule has 0 bridgehead atoms. The highest BCUT2D eigenvalue weighted by molar-refractivity contribution is 5.91. The van der Waals surface area contributed by atoms with Gasteiger partial charge < -0.3 is 14.1 Å². The van der Waals surface area contributed by atoms with E-state index in [1.54, 1.807) is 36.2 Å². The van der Waals surface area contributed by atoms with E-state index in [9.17, 15) is 9.59 Å². The van der Waals surface area contributed by atoms with Crippen molar-refractivity contribution in [2.45, 2.75) is 20.4 Å². The van der Waals surface area contributed by atoms with Crippen LogP contribution in [-0.2, 0) is 16.1 Å². The summed E-state index contributed by atoms with van der Waals surface area (Å²) in [6.45, 7) is 4.19. The van der Waals surface area contributed by atoms with Gasteiger partial charge in [-0.15, -0.1) is 10.2 Å². The molecule has 1 aromatic heterocycles. The first-order chi connectivity index (χ1) is 13.4. The van der Waals surface area contributed by atoms with Gasteiger partial charge in [0, 0.05) is 19.2 Å². The van der Waals surface area contributed by atoms with Crippen LogP contribution in [-0.4, -0.2) is 40.6 Å². The lowest BCUT2D eigenvalue weighted by Crippen LogP contribution is -2.31. The Morgan fingerprint density at radius 1 is 1.11 bits per heavy atom. The number of aromatic nitrogens is 2. The predicted molar refractivity (Wildman–Crippen MR) is 102 cm³/mol. The van der Waals surface area contributed by atoms with E-state index < -0.39 is 5.97 Å². The number of carbonyl (C=O) groups excluding carboxylic acids is 2. The fraction of sp³-hybridized carbons (Fsp3) is 0.238. The molecule has 3 aromatic rings. The molecule has 144 valence electrons. The molecule has 0 aliphatic carbocycles. The number of hydrogen-bond donors (Lipinski definition) is 0. The van der Waals surface area contributed by atoms with Crippen LogP contribution in [0.2, 0.25) is 0 Å². The first kappa shape index (κ1) is 19.3. The predicted octanol–water partition coefficient (Wildman–Crippen LogP) is 3.17. The van der Waals surface area contributed by atoms with Crippen molar-refractivity contribution in [1.82, 2.24) is 15.1 Å². The SMILES string of the molecule is Cc1ccc(CN(C)C(=O)COC(=O)c2ccc(-c3nnco3)cc2)c(C)c1. The Kier molecular flexibility index (Phi) is 5.84. The second kappa shape index (κ2) is 8.47. The van der Waals surface area contributed by atoms with E-state index in [0.29, 0.717) is 23.6 Å². The van der Waals surface area contributed by atoms with E-state index in [1.165, 1.54) is 12.0 Å². The van der Waals surface area contributed by atoms with Gasteiger partial charge in [0.2, 0.25) is 12.3 Å². The van der Waals surface area contributed by atoms with Crippen molar-refractivity contribution in [3.05, 3.63) is 71.1 Å². The standard InChI is InChI=1S/C21H21N3O4/c1-14-4-5-18(15(2)10-14)11-24(3)19(25)12-27-21(26)17-8-6-16(7-9-17)20-23-22-13-28-20/h4-10,13H,11-12H2,1-3H3. The summed E-state index contributed by atoms with van der Waals surface area (Å²) >= 11 is 0. The number of esters is 1. The van der Waals surface area contributed by atoms with Crippen LogP contribution in [0.1, 0.15) is 27.0 Å². The summed E-state index contributed by atoms with van der Waals surface area (Å²) < 4.78 is 10.2. The van der Waals surface area contributed by atoms with Gasteiger partial charge in [-0.3, -0.25) is 4.79 Å². The maximum atomic E-state index is 12.3. The van der Waals surface area contributed by atoms with Crippen LogP contribution < -0.4 is 0 Å². The van der Waals surface area contributed by atoms with Gasteiger partial charge in [0.15, 0.2) is 6.61 Å². The van der Waals surface area contributed by atoms with E-state index in [0.717, 1.165) is 11.1 Å². The average molecular weight is 379 g/mol. The monoisotopic (exact) mass is 379 g/mol. The Labute approximate surface area is 162 Å². The van der Waals surface area contributed by atoms with E-state index >= 15 is 0 Å². The van der Waals surface area contributed by atoms with Crippen LogP contribution in [0.5, 0.6) is 0 Å². The summed E-state index contributed by atoms with van der Waals surface area (Å²) in [7, 11) is 1.69. The fourth-order valence-corrected chi connectivity index (χ4v) is 2.74. The summed E-state index contributed by atoms with van der Waals surface area (Å²) in [5, 5.41) is 7.41. The van der Waals surface area contributed by atoms with Crippen LogP contribution in [0.4, 0.5) is 0 Å². The minimum Gasteiger partial charge on any atom is -0.452 e. The fourth-order valence-electron chi connectivity index (χ4n) is 2.74. The van der Waals surface area contributed by atoms with Crippen LogP contribution in [0, 0.1) is 13.8 Å². The van der Waals surface area contributed by atoms with Crippen molar-refractivity contribution in [3.63, 3.8) is 0 Å². The van der Waals surface area contributed by atoms with E-state index in [4.69, 9.17) is 9.15 Å². The molecule has 0 atom stereocenters. The third kappa shape index (κ3) is 4.62. The maximum absolute atomic E-state index is 12.3. The van der Waals surface area contributed by atoms with E-state index in [1.807, 2.05) is 26.0 Å². The smallest absolute Gasteiger partial charge is 0.338 e. The molecule has 7 heteroatoms. The number of benzene rings is 2. The third-order valence-corrected chi connectivity index (χ3v) is 4.39. The Hall–Kier alpha value is -3.48. The lowest BCUT2D eigenvalue weighted by atomic mass is 10.1. The van der Waals surface area contributed by atoms with E-state index in [2.05, 4.69) is 16.3 Å². The molecule has 1 heterocycles. The highest BCUT2D eigenvalue weighted by Crippen LogP contribution is 2.17. The largest absolute Gasteiger partial charge is 0.452 e. The van der Waals surface area contributed by atoms with Crippen LogP contribution in [0.3, 0.4) is 0 Å². The Bertz CT molecular complexity index is 966. The Morgan fingerprint density at radius 3 is 2.50 bits per heavy atom. The normalized spacial score (nSPS) is 10.5. The van der Waals surface area contributed by atoms with Crippen LogP contribution in [0.15, 0.2) is 53.3 Å². The highest BCUT2D eigenvalue weighted by atomic mass is 16.5. The van der Waals surface area contributed by atoms with Crippen molar-refractivity contribution in [2.75, 3.05) is 13.7 Å². The summed E-state index contributed by atoms with van der Waals surface area (Å²) in [5.74, 6) is -0.468. The minimum atomic E-state index is -0.564.